The second kappa shape index (κ2) is 8.79. The van der Waals surface area contributed by atoms with E-state index in [0.29, 0.717) is 5.92 Å². The molecule has 0 saturated heterocycles. The first kappa shape index (κ1) is 11.7. The molecular weight excluding hydrogens is 148 g/mol. The van der Waals surface area contributed by atoms with Gasteiger partial charge in [-0.3, -0.25) is 0 Å². The van der Waals surface area contributed by atoms with Gasteiger partial charge in [0.25, 0.3) is 0 Å². The molecule has 0 aliphatic rings. The number of hydrogen-bond acceptors (Lipinski definition) is 1. The van der Waals surface area contributed by atoms with Gasteiger partial charge in [0, 0.05) is 13.2 Å². The monoisotopic (exact) mass is 169 g/mol. The number of ether oxygens (including phenoxy) is 1. The molecule has 0 amide bonds. The summed E-state index contributed by atoms with van der Waals surface area (Å²) >= 11 is 0. The van der Waals surface area contributed by atoms with E-state index in [1.807, 2.05) is 6.08 Å². The Kier molecular flexibility index (Phi) is 8.57. The SMILES string of the molecule is [CH2]CCOCCCCC(C)C=C. The molecule has 0 aromatic heterocycles. The Morgan fingerprint density at radius 2 is 2.08 bits per heavy atom. The van der Waals surface area contributed by atoms with Gasteiger partial charge >= 0.3 is 0 Å². The van der Waals surface area contributed by atoms with Gasteiger partial charge in [0.1, 0.15) is 0 Å². The maximum atomic E-state index is 5.31. The lowest BCUT2D eigenvalue weighted by atomic mass is 10.1. The van der Waals surface area contributed by atoms with Gasteiger partial charge in [-0.2, -0.15) is 0 Å². The van der Waals surface area contributed by atoms with Gasteiger partial charge < -0.3 is 4.74 Å². The largest absolute Gasteiger partial charge is 0.381 e. The summed E-state index contributed by atoms with van der Waals surface area (Å²) in [4.78, 5) is 0. The Balaban J connectivity index is 2.95. The molecular formula is C11H21O. The Morgan fingerprint density at radius 1 is 1.33 bits per heavy atom. The van der Waals surface area contributed by atoms with Crippen LogP contribution in [0, 0.1) is 12.8 Å². The second-order valence-corrected chi connectivity index (χ2v) is 3.17. The first-order valence-electron chi connectivity index (χ1n) is 4.80. The van der Waals surface area contributed by atoms with Crippen LogP contribution in [0.3, 0.4) is 0 Å². The number of hydrogen-bond donors (Lipinski definition) is 0. The lowest BCUT2D eigenvalue weighted by Crippen LogP contribution is -1.97. The molecule has 0 aliphatic carbocycles. The quantitative estimate of drug-likeness (QED) is 0.400. The van der Waals surface area contributed by atoms with Crippen LogP contribution in [0.25, 0.3) is 0 Å². The van der Waals surface area contributed by atoms with Crippen LogP contribution in [0.4, 0.5) is 0 Å². The van der Waals surface area contributed by atoms with Gasteiger partial charge in [-0.15, -0.1) is 6.58 Å². The Labute approximate surface area is 76.8 Å². The summed E-state index contributed by atoms with van der Waals surface area (Å²) < 4.78 is 5.31. The van der Waals surface area contributed by atoms with Crippen molar-refractivity contribution in [3.05, 3.63) is 19.6 Å². The third kappa shape index (κ3) is 7.80. The highest BCUT2D eigenvalue weighted by Gasteiger charge is 1.95. The van der Waals surface area contributed by atoms with Crippen molar-refractivity contribution in [2.24, 2.45) is 5.92 Å². The third-order valence-corrected chi connectivity index (χ3v) is 1.89. The van der Waals surface area contributed by atoms with Crippen LogP contribution in [0.1, 0.15) is 32.6 Å². The van der Waals surface area contributed by atoms with E-state index in [1.165, 1.54) is 12.8 Å². The van der Waals surface area contributed by atoms with Crippen molar-refractivity contribution in [3.8, 4) is 0 Å². The van der Waals surface area contributed by atoms with Crippen LogP contribution in [-0.2, 0) is 4.74 Å². The summed E-state index contributed by atoms with van der Waals surface area (Å²) in [5.74, 6) is 0.651. The fraction of sp³-hybridized carbons (Fsp3) is 0.727. The van der Waals surface area contributed by atoms with Crippen LogP contribution in [0.15, 0.2) is 12.7 Å². The van der Waals surface area contributed by atoms with E-state index in [4.69, 9.17) is 4.74 Å². The molecule has 0 aromatic carbocycles. The standard InChI is InChI=1S/C11H21O/c1-4-9-12-10-7-6-8-11(3)5-2/h5,11H,1-2,4,6-10H2,3H3. The van der Waals surface area contributed by atoms with Crippen LogP contribution in [0.2, 0.25) is 0 Å². The van der Waals surface area contributed by atoms with E-state index in [-0.39, 0.29) is 0 Å². The maximum absolute atomic E-state index is 5.31. The molecule has 0 aromatic rings. The van der Waals surface area contributed by atoms with Gasteiger partial charge in [-0.25, -0.2) is 0 Å². The molecule has 12 heavy (non-hydrogen) atoms. The number of rotatable bonds is 8. The van der Waals surface area contributed by atoms with Crippen molar-refractivity contribution in [2.45, 2.75) is 32.6 Å². The van der Waals surface area contributed by atoms with Crippen molar-refractivity contribution < 1.29 is 4.74 Å². The summed E-state index contributed by atoms with van der Waals surface area (Å²) in [6.45, 7) is 11.3. The van der Waals surface area contributed by atoms with Crippen molar-refractivity contribution in [2.75, 3.05) is 13.2 Å². The smallest absolute Gasteiger partial charge is 0.0466 e. The minimum Gasteiger partial charge on any atom is -0.381 e. The van der Waals surface area contributed by atoms with Gasteiger partial charge in [0.05, 0.1) is 0 Å². The second-order valence-electron chi connectivity index (χ2n) is 3.17. The zero-order chi connectivity index (χ0) is 9.23. The molecule has 71 valence electrons. The molecule has 0 bridgehead atoms. The summed E-state index contributed by atoms with van der Waals surface area (Å²) in [5.41, 5.74) is 0. The fourth-order valence-electron chi connectivity index (χ4n) is 0.992. The van der Waals surface area contributed by atoms with Gasteiger partial charge in [-0.05, 0) is 25.2 Å². The zero-order valence-electron chi connectivity index (χ0n) is 8.22. The molecule has 0 N–H and O–H groups in total. The minimum atomic E-state index is 0.651. The molecule has 0 fully saturated rings. The van der Waals surface area contributed by atoms with E-state index >= 15 is 0 Å². The summed E-state index contributed by atoms with van der Waals surface area (Å²) in [6.07, 6.45) is 6.53. The highest BCUT2D eigenvalue weighted by Crippen LogP contribution is 2.07. The van der Waals surface area contributed by atoms with Crippen molar-refractivity contribution in [3.63, 3.8) is 0 Å². The molecule has 0 rings (SSSR count). The average Bonchev–Trinajstić information content (AvgIpc) is 2.10. The normalized spacial score (nSPS) is 12.8. The lowest BCUT2D eigenvalue weighted by Gasteiger charge is -2.05. The van der Waals surface area contributed by atoms with Crippen LogP contribution in [-0.4, -0.2) is 13.2 Å². The van der Waals surface area contributed by atoms with Crippen molar-refractivity contribution in [1.29, 1.82) is 0 Å². The fourth-order valence-corrected chi connectivity index (χ4v) is 0.992. The van der Waals surface area contributed by atoms with E-state index in [1.54, 1.807) is 0 Å². The minimum absolute atomic E-state index is 0.651. The molecule has 0 aliphatic heterocycles. The van der Waals surface area contributed by atoms with Crippen molar-refractivity contribution in [1.82, 2.24) is 0 Å². The first-order chi connectivity index (χ1) is 5.81. The van der Waals surface area contributed by atoms with Gasteiger partial charge in [0.2, 0.25) is 0 Å². The molecule has 1 atom stereocenters. The number of allylic oxidation sites excluding steroid dienone is 1. The van der Waals surface area contributed by atoms with E-state index in [0.717, 1.165) is 26.1 Å². The Morgan fingerprint density at radius 3 is 2.67 bits per heavy atom. The predicted octanol–water partition coefficient (Wildman–Crippen LogP) is 3.22. The molecule has 1 unspecified atom stereocenters. The highest BCUT2D eigenvalue weighted by molar-refractivity contribution is 4.74. The molecule has 0 heterocycles. The highest BCUT2D eigenvalue weighted by atomic mass is 16.5. The molecule has 0 spiro atoms. The Bertz CT molecular complexity index is 99.2. The summed E-state index contributed by atoms with van der Waals surface area (Å²) in [7, 11) is 0. The molecule has 1 radical (unpaired) electrons. The predicted molar refractivity (Wildman–Crippen MR) is 54.0 cm³/mol. The van der Waals surface area contributed by atoms with Crippen LogP contribution in [0.5, 0.6) is 0 Å². The zero-order valence-corrected chi connectivity index (χ0v) is 8.22. The van der Waals surface area contributed by atoms with Crippen LogP contribution < -0.4 is 0 Å². The summed E-state index contributed by atoms with van der Waals surface area (Å²) in [6, 6.07) is 0. The summed E-state index contributed by atoms with van der Waals surface area (Å²) in [5, 5.41) is 0. The van der Waals surface area contributed by atoms with Gasteiger partial charge in [0.15, 0.2) is 0 Å². The average molecular weight is 169 g/mol. The van der Waals surface area contributed by atoms with Crippen LogP contribution >= 0.6 is 0 Å². The number of unbranched alkanes of at least 4 members (excludes halogenated alkanes) is 1. The Hall–Kier alpha value is -0.300. The van der Waals surface area contributed by atoms with Crippen molar-refractivity contribution >= 4 is 0 Å². The maximum Gasteiger partial charge on any atom is 0.0466 e. The van der Waals surface area contributed by atoms with Gasteiger partial charge in [-0.1, -0.05) is 26.3 Å². The first-order valence-corrected chi connectivity index (χ1v) is 4.80. The topological polar surface area (TPSA) is 9.23 Å². The van der Waals surface area contributed by atoms with E-state index < -0.39 is 0 Å². The molecule has 0 saturated carbocycles. The molecule has 1 nitrogen and oxygen atoms in total. The van der Waals surface area contributed by atoms with E-state index in [2.05, 4.69) is 20.4 Å². The third-order valence-electron chi connectivity index (χ3n) is 1.89. The van der Waals surface area contributed by atoms with E-state index in [9.17, 15) is 0 Å². The molecule has 1 heteroatoms. The lowest BCUT2D eigenvalue weighted by molar-refractivity contribution is 0.133.